The lowest BCUT2D eigenvalue weighted by Gasteiger charge is -2.17. The Morgan fingerprint density at radius 2 is 1.77 bits per heavy atom. The van der Waals surface area contributed by atoms with Crippen LogP contribution < -0.4 is 19.8 Å². The van der Waals surface area contributed by atoms with Gasteiger partial charge in [0.25, 0.3) is 11.5 Å². The Balaban J connectivity index is 1.98. The normalized spacial score (nSPS) is 19.1. The van der Waals surface area contributed by atoms with E-state index in [-0.39, 0.29) is 30.1 Å². The number of hydrogen-bond donors (Lipinski definition) is 0. The van der Waals surface area contributed by atoms with Crippen molar-refractivity contribution in [1.29, 1.82) is 0 Å². The summed E-state index contributed by atoms with van der Waals surface area (Å²) in [5.41, 5.74) is 2.13. The number of thioether (sulfide) groups is 1. The molecule has 1 aromatic heterocycles. The maximum atomic E-state index is 13.7. The van der Waals surface area contributed by atoms with Gasteiger partial charge in [-0.2, -0.15) is 10.1 Å². The number of benzene rings is 1. The molecule has 0 radical (unpaired) electrons. The van der Waals surface area contributed by atoms with Gasteiger partial charge in [-0.25, -0.2) is 0 Å². The van der Waals surface area contributed by atoms with Crippen molar-refractivity contribution < 1.29 is 14.3 Å². The van der Waals surface area contributed by atoms with E-state index < -0.39 is 5.97 Å². The van der Waals surface area contributed by atoms with Gasteiger partial charge >= 0.3 is 5.97 Å². The highest BCUT2D eigenvalue weighted by atomic mass is 32.2. The van der Waals surface area contributed by atoms with E-state index in [9.17, 15) is 14.4 Å². The number of anilines is 1. The zero-order valence-corrected chi connectivity index (χ0v) is 22.1. The second-order valence-corrected chi connectivity index (χ2v) is 10.1. The molecule has 0 saturated heterocycles. The highest BCUT2D eigenvalue weighted by Crippen LogP contribution is 2.40. The fourth-order valence-electron chi connectivity index (χ4n) is 4.06. The molecule has 0 fully saturated rings. The third-order valence-corrected chi connectivity index (χ3v) is 8.41. The monoisotopic (exact) mass is 512 g/mol. The molecule has 8 nitrogen and oxygen atoms in total. The van der Waals surface area contributed by atoms with Gasteiger partial charge in [0.15, 0.2) is 0 Å². The quantitative estimate of drug-likeness (QED) is 0.554. The first-order valence-corrected chi connectivity index (χ1v) is 13.2. The fourth-order valence-corrected chi connectivity index (χ4v) is 6.63. The molecule has 3 heterocycles. The summed E-state index contributed by atoms with van der Waals surface area (Å²) in [6.07, 6.45) is -0.157. The lowest BCUT2D eigenvalue weighted by Crippen LogP contribution is -2.35. The van der Waals surface area contributed by atoms with Crippen molar-refractivity contribution in [3.8, 4) is 0 Å². The second kappa shape index (κ2) is 10.2. The number of thiazole rings is 1. The number of esters is 1. The first-order chi connectivity index (χ1) is 16.8. The molecule has 1 amide bonds. The topological polar surface area (TPSA) is 84.2 Å². The number of allylic oxidation sites excluding steroid dienone is 2. The SMILES string of the molecule is CCOC(=O)CC1=NN(c2ccccc2)C(=O)C1=c1sc(=C2SC(C)=C(C)N2CC)c(=O)n1CC. The first-order valence-electron chi connectivity index (χ1n) is 11.6. The van der Waals surface area contributed by atoms with Crippen molar-refractivity contribution in [3.05, 3.63) is 60.5 Å². The number of rotatable bonds is 6. The van der Waals surface area contributed by atoms with Crippen LogP contribution in [0.15, 0.2) is 50.8 Å². The Morgan fingerprint density at radius 3 is 2.40 bits per heavy atom. The molecule has 4 rings (SSSR count). The van der Waals surface area contributed by atoms with E-state index in [4.69, 9.17) is 4.74 Å². The van der Waals surface area contributed by atoms with Crippen molar-refractivity contribution in [2.75, 3.05) is 18.2 Å². The van der Waals surface area contributed by atoms with Gasteiger partial charge in [0.05, 0.1) is 30.0 Å². The van der Waals surface area contributed by atoms with Crippen LogP contribution in [0.25, 0.3) is 10.6 Å². The predicted molar refractivity (Wildman–Crippen MR) is 141 cm³/mol. The lowest BCUT2D eigenvalue weighted by atomic mass is 10.1. The van der Waals surface area contributed by atoms with E-state index in [1.807, 2.05) is 45.9 Å². The van der Waals surface area contributed by atoms with Crippen molar-refractivity contribution in [1.82, 2.24) is 9.47 Å². The molecule has 1 aromatic carbocycles. The number of para-hydroxylation sites is 1. The summed E-state index contributed by atoms with van der Waals surface area (Å²) in [4.78, 5) is 42.9. The Bertz CT molecular complexity index is 1420. The van der Waals surface area contributed by atoms with Crippen LogP contribution in [0.1, 0.15) is 41.0 Å². The van der Waals surface area contributed by atoms with Gasteiger partial charge in [-0.3, -0.25) is 19.0 Å². The first kappa shape index (κ1) is 25.0. The standard InChI is InChI=1S/C25H28N4O4S2/c1-6-27-15(4)16(5)34-25(27)21-23(32)28(7-2)24(35-21)20-18(14-19(30)33-8-3)26-29(22(20)31)17-12-10-9-11-13-17/h9-13H,6-8,14H2,1-5H3. The van der Waals surface area contributed by atoms with Gasteiger partial charge in [0.1, 0.15) is 14.2 Å². The van der Waals surface area contributed by atoms with E-state index in [0.717, 1.165) is 22.2 Å². The molecule has 0 aliphatic carbocycles. The summed E-state index contributed by atoms with van der Waals surface area (Å²) in [6, 6.07) is 9.04. The predicted octanol–water partition coefficient (Wildman–Crippen LogP) is 2.82. The minimum atomic E-state index is -0.470. The van der Waals surface area contributed by atoms with Crippen LogP contribution in [0.5, 0.6) is 0 Å². The number of carbonyl (C=O) groups excluding carboxylic acids is 2. The summed E-state index contributed by atoms with van der Waals surface area (Å²) in [5, 5.41) is 6.68. The molecule has 10 heteroatoms. The van der Waals surface area contributed by atoms with Gasteiger partial charge in [0, 0.05) is 23.7 Å². The van der Waals surface area contributed by atoms with E-state index >= 15 is 0 Å². The number of amides is 1. The lowest BCUT2D eigenvalue weighted by molar-refractivity contribution is -0.141. The molecular weight excluding hydrogens is 484 g/mol. The van der Waals surface area contributed by atoms with Crippen LogP contribution in [0.3, 0.4) is 0 Å². The van der Waals surface area contributed by atoms with Crippen LogP contribution in [0.2, 0.25) is 0 Å². The Kier molecular flexibility index (Phi) is 7.32. The van der Waals surface area contributed by atoms with Crippen molar-refractivity contribution in [2.24, 2.45) is 5.10 Å². The highest BCUT2D eigenvalue weighted by Gasteiger charge is 2.35. The molecule has 2 aliphatic heterocycles. The fraction of sp³-hybridized carbons (Fsp3) is 0.360. The van der Waals surface area contributed by atoms with Gasteiger partial charge in [-0.1, -0.05) is 30.0 Å². The summed E-state index contributed by atoms with van der Waals surface area (Å²) in [7, 11) is 0. The number of hydrogen-bond acceptors (Lipinski definition) is 8. The molecule has 35 heavy (non-hydrogen) atoms. The third-order valence-electron chi connectivity index (χ3n) is 5.87. The van der Waals surface area contributed by atoms with Crippen LogP contribution in [0.4, 0.5) is 5.69 Å². The van der Waals surface area contributed by atoms with E-state index in [2.05, 4.69) is 10.0 Å². The smallest absolute Gasteiger partial charge is 0.311 e. The molecule has 2 aliphatic rings. The summed E-state index contributed by atoms with van der Waals surface area (Å²) in [5.74, 6) is -0.839. The maximum absolute atomic E-state index is 13.7. The molecular formula is C25H28N4O4S2. The molecule has 184 valence electrons. The van der Waals surface area contributed by atoms with Crippen LogP contribution in [0, 0.1) is 0 Å². The maximum Gasteiger partial charge on any atom is 0.311 e. The Labute approximate surface area is 211 Å². The molecule has 2 aromatic rings. The van der Waals surface area contributed by atoms with E-state index in [0.29, 0.717) is 27.1 Å². The number of ether oxygens (including phenoxy) is 1. The molecule has 0 N–H and O–H groups in total. The zero-order chi connectivity index (χ0) is 25.3. The summed E-state index contributed by atoms with van der Waals surface area (Å²) < 4.78 is 7.83. The molecule has 0 bridgehead atoms. The molecule has 0 atom stereocenters. The summed E-state index contributed by atoms with van der Waals surface area (Å²) in [6.45, 7) is 11.1. The minimum absolute atomic E-state index is 0.148. The summed E-state index contributed by atoms with van der Waals surface area (Å²) >= 11 is 2.86. The van der Waals surface area contributed by atoms with Crippen LogP contribution in [-0.4, -0.2) is 40.2 Å². The number of hydrazone groups is 1. The van der Waals surface area contributed by atoms with Gasteiger partial charge in [0.2, 0.25) is 0 Å². The van der Waals surface area contributed by atoms with Crippen LogP contribution >= 0.6 is 23.1 Å². The largest absolute Gasteiger partial charge is 0.466 e. The average molecular weight is 513 g/mol. The average Bonchev–Trinajstić information content (AvgIpc) is 3.44. The van der Waals surface area contributed by atoms with Gasteiger partial charge in [-0.05, 0) is 46.8 Å². The number of aromatic nitrogens is 1. The number of nitrogens with zero attached hydrogens (tertiary/aromatic N) is 4. The zero-order valence-electron chi connectivity index (χ0n) is 20.5. The van der Waals surface area contributed by atoms with Crippen molar-refractivity contribution in [3.63, 3.8) is 0 Å². The van der Waals surface area contributed by atoms with E-state index in [1.54, 1.807) is 35.4 Å². The third kappa shape index (κ3) is 4.48. The number of carbonyl (C=O) groups is 2. The Hall–Kier alpha value is -3.11. The molecule has 0 spiro atoms. The minimum Gasteiger partial charge on any atom is -0.466 e. The second-order valence-electron chi connectivity index (χ2n) is 7.93. The molecule has 0 unspecified atom stereocenters. The highest BCUT2D eigenvalue weighted by molar-refractivity contribution is 8.11. The van der Waals surface area contributed by atoms with Crippen molar-refractivity contribution >= 4 is 57.0 Å². The van der Waals surface area contributed by atoms with Crippen molar-refractivity contribution in [2.45, 2.75) is 47.6 Å². The Morgan fingerprint density at radius 1 is 1.06 bits per heavy atom. The van der Waals surface area contributed by atoms with E-state index in [1.165, 1.54) is 16.3 Å². The van der Waals surface area contributed by atoms with Crippen LogP contribution in [-0.2, 0) is 20.9 Å². The molecule has 0 saturated carbocycles. The van der Waals surface area contributed by atoms with Gasteiger partial charge in [-0.15, -0.1) is 11.3 Å². The van der Waals surface area contributed by atoms with Gasteiger partial charge < -0.3 is 9.64 Å².